The van der Waals surface area contributed by atoms with Crippen molar-refractivity contribution in [3.8, 4) is 0 Å². The molecule has 2 aromatic carbocycles. The van der Waals surface area contributed by atoms with Crippen molar-refractivity contribution in [1.82, 2.24) is 5.32 Å². The van der Waals surface area contributed by atoms with Crippen LogP contribution in [0.2, 0.25) is 0 Å². The molecule has 3 nitrogen and oxygen atoms in total. The van der Waals surface area contributed by atoms with Gasteiger partial charge in [0.25, 0.3) is 0 Å². The molecule has 0 aromatic heterocycles. The van der Waals surface area contributed by atoms with Crippen LogP contribution in [-0.2, 0) is 10.2 Å². The maximum absolute atomic E-state index is 13.2. The van der Waals surface area contributed by atoms with E-state index in [4.69, 9.17) is 0 Å². The second-order valence-corrected chi connectivity index (χ2v) is 5.85. The highest BCUT2D eigenvalue weighted by molar-refractivity contribution is 5.91. The van der Waals surface area contributed by atoms with Crippen molar-refractivity contribution in [3.05, 3.63) is 71.3 Å². The van der Waals surface area contributed by atoms with E-state index >= 15 is 0 Å². The number of benzene rings is 2. The van der Waals surface area contributed by atoms with Crippen molar-refractivity contribution in [2.45, 2.75) is 24.4 Å². The molecule has 1 saturated carbocycles. The van der Waals surface area contributed by atoms with Crippen LogP contribution < -0.4 is 5.32 Å². The molecule has 2 N–H and O–H groups in total. The summed E-state index contributed by atoms with van der Waals surface area (Å²) in [4.78, 5) is 12.4. The molecule has 1 amide bonds. The standard InChI is InChI=1S/C18H17F2NO2/c19-14-7-6-12(10-15(14)20)16(22)11-21-17(23)18(8-9-18)13-4-2-1-3-5-13/h1-7,10,16,22H,8-9,11H2,(H,21,23)/t16-/m1/s1. The van der Waals surface area contributed by atoms with Gasteiger partial charge in [-0.2, -0.15) is 0 Å². The van der Waals surface area contributed by atoms with Crippen LogP contribution in [0.4, 0.5) is 8.78 Å². The number of halogens is 2. The number of hydrogen-bond acceptors (Lipinski definition) is 2. The Morgan fingerprint density at radius 3 is 2.43 bits per heavy atom. The van der Waals surface area contributed by atoms with Crippen LogP contribution in [0.5, 0.6) is 0 Å². The van der Waals surface area contributed by atoms with Gasteiger partial charge in [-0.1, -0.05) is 36.4 Å². The van der Waals surface area contributed by atoms with E-state index in [1.807, 2.05) is 30.3 Å². The van der Waals surface area contributed by atoms with Crippen LogP contribution in [-0.4, -0.2) is 17.6 Å². The molecule has 5 heteroatoms. The lowest BCUT2D eigenvalue weighted by Gasteiger charge is -2.18. The van der Waals surface area contributed by atoms with Gasteiger partial charge in [0.15, 0.2) is 11.6 Å². The van der Waals surface area contributed by atoms with Crippen molar-refractivity contribution in [2.24, 2.45) is 0 Å². The minimum Gasteiger partial charge on any atom is -0.387 e. The Balaban J connectivity index is 1.64. The summed E-state index contributed by atoms with van der Waals surface area (Å²) >= 11 is 0. The first-order chi connectivity index (χ1) is 11.0. The van der Waals surface area contributed by atoms with Crippen molar-refractivity contribution >= 4 is 5.91 Å². The molecule has 3 rings (SSSR count). The normalized spacial score (nSPS) is 16.7. The van der Waals surface area contributed by atoms with Crippen LogP contribution in [0.1, 0.15) is 30.1 Å². The second-order valence-electron chi connectivity index (χ2n) is 5.85. The first kappa shape index (κ1) is 15.6. The third kappa shape index (κ3) is 3.10. The molecule has 1 aliphatic carbocycles. The van der Waals surface area contributed by atoms with Gasteiger partial charge in [-0.3, -0.25) is 4.79 Å². The van der Waals surface area contributed by atoms with Gasteiger partial charge in [-0.05, 0) is 36.1 Å². The molecule has 2 aromatic rings. The number of carbonyl (C=O) groups is 1. The van der Waals surface area contributed by atoms with E-state index < -0.39 is 23.2 Å². The summed E-state index contributed by atoms with van der Waals surface area (Å²) in [7, 11) is 0. The number of aliphatic hydroxyl groups excluding tert-OH is 1. The van der Waals surface area contributed by atoms with Crippen molar-refractivity contribution in [1.29, 1.82) is 0 Å². The predicted molar refractivity (Wildman–Crippen MR) is 81.7 cm³/mol. The molecular weight excluding hydrogens is 300 g/mol. The fourth-order valence-corrected chi connectivity index (χ4v) is 2.73. The number of amides is 1. The maximum Gasteiger partial charge on any atom is 0.230 e. The second kappa shape index (κ2) is 6.08. The fourth-order valence-electron chi connectivity index (χ4n) is 2.73. The molecule has 1 fully saturated rings. The van der Waals surface area contributed by atoms with Crippen LogP contribution in [0.3, 0.4) is 0 Å². The lowest BCUT2D eigenvalue weighted by molar-refractivity contribution is -0.124. The fraction of sp³-hybridized carbons (Fsp3) is 0.278. The summed E-state index contributed by atoms with van der Waals surface area (Å²) in [6, 6.07) is 12.7. The highest BCUT2D eigenvalue weighted by Crippen LogP contribution is 2.48. The summed E-state index contributed by atoms with van der Waals surface area (Å²) in [5, 5.41) is 12.7. The molecule has 0 unspecified atom stereocenters. The highest BCUT2D eigenvalue weighted by atomic mass is 19.2. The van der Waals surface area contributed by atoms with Gasteiger partial charge < -0.3 is 10.4 Å². The molecule has 0 heterocycles. The molecule has 0 bridgehead atoms. The smallest absolute Gasteiger partial charge is 0.230 e. The Morgan fingerprint density at radius 2 is 1.83 bits per heavy atom. The van der Waals surface area contributed by atoms with E-state index in [1.165, 1.54) is 6.07 Å². The van der Waals surface area contributed by atoms with Crippen molar-refractivity contribution in [2.75, 3.05) is 6.54 Å². The largest absolute Gasteiger partial charge is 0.387 e. The number of hydrogen-bond donors (Lipinski definition) is 2. The van der Waals surface area contributed by atoms with E-state index in [-0.39, 0.29) is 18.0 Å². The molecule has 0 radical (unpaired) electrons. The average Bonchev–Trinajstić information content (AvgIpc) is 3.37. The van der Waals surface area contributed by atoms with E-state index in [1.54, 1.807) is 0 Å². The van der Waals surface area contributed by atoms with Crippen LogP contribution in [0.15, 0.2) is 48.5 Å². The van der Waals surface area contributed by atoms with Gasteiger partial charge in [0.2, 0.25) is 5.91 Å². The predicted octanol–water partition coefficient (Wildman–Crippen LogP) is 2.85. The molecule has 1 atom stereocenters. The minimum atomic E-state index is -1.08. The summed E-state index contributed by atoms with van der Waals surface area (Å²) in [5.41, 5.74) is 0.670. The molecule has 0 aliphatic heterocycles. The number of nitrogens with one attached hydrogen (secondary N) is 1. The van der Waals surface area contributed by atoms with E-state index in [9.17, 15) is 18.7 Å². The molecule has 0 saturated heterocycles. The van der Waals surface area contributed by atoms with Gasteiger partial charge in [0.1, 0.15) is 0 Å². The quantitative estimate of drug-likeness (QED) is 0.891. The van der Waals surface area contributed by atoms with Crippen molar-refractivity contribution < 1.29 is 18.7 Å². The molecule has 23 heavy (non-hydrogen) atoms. The Hall–Kier alpha value is -2.27. The van der Waals surface area contributed by atoms with E-state index in [2.05, 4.69) is 5.32 Å². The first-order valence-corrected chi connectivity index (χ1v) is 7.50. The number of rotatable bonds is 5. The monoisotopic (exact) mass is 317 g/mol. The first-order valence-electron chi connectivity index (χ1n) is 7.50. The summed E-state index contributed by atoms with van der Waals surface area (Å²) in [6.45, 7) is -0.0432. The SMILES string of the molecule is O=C(NC[C@@H](O)c1ccc(F)c(F)c1)C1(c2ccccc2)CC1. The topological polar surface area (TPSA) is 49.3 Å². The van der Waals surface area contributed by atoms with Gasteiger partial charge in [0.05, 0.1) is 11.5 Å². The minimum absolute atomic E-state index is 0.0432. The summed E-state index contributed by atoms with van der Waals surface area (Å²) < 4.78 is 26.1. The molecule has 120 valence electrons. The van der Waals surface area contributed by atoms with Gasteiger partial charge in [0, 0.05) is 6.54 Å². The summed E-state index contributed by atoms with van der Waals surface area (Å²) in [6.07, 6.45) is 0.453. The molecular formula is C18H17F2NO2. The Kier molecular flexibility index (Phi) is 4.13. The maximum atomic E-state index is 13.2. The van der Waals surface area contributed by atoms with E-state index in [0.717, 1.165) is 30.5 Å². The number of carbonyl (C=O) groups excluding carboxylic acids is 1. The Bertz CT molecular complexity index is 714. The highest BCUT2D eigenvalue weighted by Gasteiger charge is 2.51. The molecule has 1 aliphatic rings. The summed E-state index contributed by atoms with van der Waals surface area (Å²) in [5.74, 6) is -2.13. The van der Waals surface area contributed by atoms with Crippen molar-refractivity contribution in [3.63, 3.8) is 0 Å². The zero-order chi connectivity index (χ0) is 16.4. The van der Waals surface area contributed by atoms with Crippen LogP contribution in [0, 0.1) is 11.6 Å². The number of aliphatic hydroxyl groups is 1. The van der Waals surface area contributed by atoms with Gasteiger partial charge in [-0.25, -0.2) is 8.78 Å². The lowest BCUT2D eigenvalue weighted by Crippen LogP contribution is -2.37. The average molecular weight is 317 g/mol. The van der Waals surface area contributed by atoms with Crippen LogP contribution >= 0.6 is 0 Å². The third-order valence-electron chi connectivity index (χ3n) is 4.30. The Labute approximate surface area is 133 Å². The zero-order valence-electron chi connectivity index (χ0n) is 12.4. The van der Waals surface area contributed by atoms with Crippen LogP contribution in [0.25, 0.3) is 0 Å². The lowest BCUT2D eigenvalue weighted by atomic mass is 9.95. The molecule has 0 spiro atoms. The van der Waals surface area contributed by atoms with E-state index in [0.29, 0.717) is 0 Å². The third-order valence-corrected chi connectivity index (χ3v) is 4.30. The van der Waals surface area contributed by atoms with Gasteiger partial charge >= 0.3 is 0 Å². The Morgan fingerprint density at radius 1 is 1.13 bits per heavy atom. The van der Waals surface area contributed by atoms with Gasteiger partial charge in [-0.15, -0.1) is 0 Å². The zero-order valence-corrected chi connectivity index (χ0v) is 12.4.